The SMILES string of the molecule is CCCCCCCCCCCCOC(=O)c1ccc(OC)c(NC(=O)C(C(=O)c2ccccc2)N2C(=O)C(Oc3cccc4c3C(=O)c3c(N(C)C)cc(S(=O)(=O)O)c(O)c3C43OC(=O)CS3)N(C)C2=O)c1. The number of amides is 4. The number of aromatic hydroxyl groups is 1. The number of phenols is 1. The molecule has 1 aliphatic carbocycles. The van der Waals surface area contributed by atoms with Crippen LogP contribution in [0.1, 0.15) is 119 Å². The Hall–Kier alpha value is -6.97. The van der Waals surface area contributed by atoms with E-state index in [1.165, 1.54) is 132 Å². The zero-order valence-electron chi connectivity index (χ0n) is 40.4. The van der Waals surface area contributed by atoms with Gasteiger partial charge in [-0.25, -0.2) is 14.5 Å². The summed E-state index contributed by atoms with van der Waals surface area (Å²) in [5, 5.41) is 14.1. The number of benzene rings is 4. The van der Waals surface area contributed by atoms with Crippen molar-refractivity contribution in [2.75, 3.05) is 50.8 Å². The number of ether oxygens (including phenoxy) is 4. The first-order chi connectivity index (χ1) is 34.4. The lowest BCUT2D eigenvalue weighted by Crippen LogP contribution is -2.52. The quantitative estimate of drug-likeness (QED) is 0.0174. The summed E-state index contributed by atoms with van der Waals surface area (Å²) in [5.41, 5.74) is -1.36. The zero-order valence-corrected chi connectivity index (χ0v) is 42.1. The van der Waals surface area contributed by atoms with Gasteiger partial charge in [0.2, 0.25) is 4.93 Å². The number of imide groups is 1. The Morgan fingerprint density at radius 2 is 1.54 bits per heavy atom. The van der Waals surface area contributed by atoms with Crippen molar-refractivity contribution in [1.29, 1.82) is 0 Å². The van der Waals surface area contributed by atoms with Crippen LogP contribution >= 0.6 is 11.8 Å². The van der Waals surface area contributed by atoms with Gasteiger partial charge in [-0.2, -0.15) is 8.42 Å². The van der Waals surface area contributed by atoms with E-state index in [4.69, 9.17) is 18.9 Å². The molecule has 0 radical (unpaired) electrons. The predicted molar refractivity (Wildman–Crippen MR) is 264 cm³/mol. The van der Waals surface area contributed by atoms with Crippen molar-refractivity contribution in [2.24, 2.45) is 0 Å². The normalized spacial score (nSPS) is 17.6. The number of ketones is 2. The molecule has 2 fully saturated rings. The van der Waals surface area contributed by atoms with Gasteiger partial charge in [-0.1, -0.05) is 119 Å². The molecule has 1 spiro atoms. The van der Waals surface area contributed by atoms with Crippen molar-refractivity contribution in [3.63, 3.8) is 0 Å². The number of Topliss-reactive ketones (excluding diaryl/α,β-unsaturated/α-hetero) is 1. The molecule has 0 bridgehead atoms. The Labute approximate surface area is 420 Å². The summed E-state index contributed by atoms with van der Waals surface area (Å²) in [5.74, 6) is -7.35. The van der Waals surface area contributed by atoms with E-state index in [1.54, 1.807) is 6.07 Å². The Morgan fingerprint density at radius 1 is 0.875 bits per heavy atom. The highest BCUT2D eigenvalue weighted by atomic mass is 32.2. The average Bonchev–Trinajstić information content (AvgIpc) is 3.83. The minimum Gasteiger partial charge on any atom is -0.506 e. The van der Waals surface area contributed by atoms with Gasteiger partial charge in [0.05, 0.1) is 47.4 Å². The Balaban J connectivity index is 1.17. The molecule has 382 valence electrons. The lowest BCUT2D eigenvalue weighted by molar-refractivity contribution is -0.144. The molecule has 3 N–H and O–H groups in total. The molecule has 2 aliphatic heterocycles. The molecule has 4 aromatic carbocycles. The number of nitrogens with one attached hydrogen (secondary N) is 1. The Bertz CT molecular complexity index is 2910. The van der Waals surface area contributed by atoms with Gasteiger partial charge in [-0.15, -0.1) is 0 Å². The van der Waals surface area contributed by atoms with E-state index in [0.717, 1.165) is 42.0 Å². The summed E-state index contributed by atoms with van der Waals surface area (Å²) in [6, 6.07) is 13.1. The van der Waals surface area contributed by atoms with Crippen LogP contribution in [0.3, 0.4) is 0 Å². The third-order valence-corrected chi connectivity index (χ3v) is 14.8. The molecule has 3 aliphatic rings. The van der Waals surface area contributed by atoms with Crippen LogP contribution in [-0.4, -0.2) is 122 Å². The fourth-order valence-corrected chi connectivity index (χ4v) is 10.8. The molecule has 3 unspecified atom stereocenters. The monoisotopic (exact) mass is 1030 g/mol. The van der Waals surface area contributed by atoms with Gasteiger partial charge in [0, 0.05) is 38.0 Å². The van der Waals surface area contributed by atoms with Crippen molar-refractivity contribution in [3.8, 4) is 17.2 Å². The minimum absolute atomic E-state index is 0.0473. The number of hydrogen-bond acceptors (Lipinski definition) is 16. The van der Waals surface area contributed by atoms with E-state index in [0.29, 0.717) is 11.3 Å². The first kappa shape index (κ1) is 52.8. The van der Waals surface area contributed by atoms with E-state index >= 15 is 0 Å². The number of rotatable bonds is 22. The fourth-order valence-electron chi connectivity index (χ4n) is 8.99. The zero-order chi connectivity index (χ0) is 52.1. The van der Waals surface area contributed by atoms with Crippen molar-refractivity contribution < 1.29 is 70.6 Å². The number of urea groups is 1. The maximum atomic E-state index is 14.8. The summed E-state index contributed by atoms with van der Waals surface area (Å²) in [7, 11) is 0.289. The molecule has 0 saturated carbocycles. The van der Waals surface area contributed by atoms with E-state index in [2.05, 4.69) is 12.2 Å². The number of methoxy groups -OCH3 is 1. The van der Waals surface area contributed by atoms with Crippen LogP contribution < -0.4 is 19.7 Å². The van der Waals surface area contributed by atoms with Crippen molar-refractivity contribution >= 4 is 74.6 Å². The maximum absolute atomic E-state index is 14.8. The molecular weight excluding hydrogens is 973 g/mol. The molecule has 4 amide bonds. The topological polar surface area (TPSA) is 253 Å². The highest BCUT2D eigenvalue weighted by Gasteiger charge is 2.57. The molecular formula is C51H56N4O15S2. The van der Waals surface area contributed by atoms with Gasteiger partial charge in [0.15, 0.2) is 17.6 Å². The summed E-state index contributed by atoms with van der Waals surface area (Å²) < 4.78 is 58.3. The van der Waals surface area contributed by atoms with Crippen LogP contribution in [0.5, 0.6) is 17.2 Å². The predicted octanol–water partition coefficient (Wildman–Crippen LogP) is 7.32. The summed E-state index contributed by atoms with van der Waals surface area (Å²) >= 11 is 0.800. The third kappa shape index (κ3) is 10.5. The second-order valence-electron chi connectivity index (χ2n) is 17.7. The molecule has 4 aromatic rings. The third-order valence-electron chi connectivity index (χ3n) is 12.6. The van der Waals surface area contributed by atoms with Gasteiger partial charge in [0.25, 0.3) is 28.2 Å². The number of thioether (sulfide) groups is 1. The molecule has 21 heteroatoms. The number of nitrogens with zero attached hydrogens (tertiary/aromatic N) is 3. The van der Waals surface area contributed by atoms with Gasteiger partial charge in [-0.05, 0) is 36.8 Å². The lowest BCUT2D eigenvalue weighted by atomic mass is 9.80. The van der Waals surface area contributed by atoms with Gasteiger partial charge in [0.1, 0.15) is 22.1 Å². The highest BCUT2D eigenvalue weighted by molar-refractivity contribution is 8.01. The summed E-state index contributed by atoms with van der Waals surface area (Å²) in [4.78, 5) is 98.5. The number of phenolic OH excluding ortho intramolecular Hbond substituents is 1. The minimum atomic E-state index is -5.12. The smallest absolute Gasteiger partial charge is 0.338 e. The van der Waals surface area contributed by atoms with Crippen molar-refractivity contribution in [1.82, 2.24) is 9.80 Å². The first-order valence-electron chi connectivity index (χ1n) is 23.5. The molecule has 7 rings (SSSR count). The molecule has 72 heavy (non-hydrogen) atoms. The van der Waals surface area contributed by atoms with Crippen LogP contribution in [-0.2, 0) is 38.9 Å². The molecule has 3 atom stereocenters. The number of hydrogen-bond donors (Lipinski definition) is 3. The van der Waals surface area contributed by atoms with Crippen LogP contribution in [0, 0.1) is 0 Å². The van der Waals surface area contributed by atoms with Crippen LogP contribution in [0.25, 0.3) is 0 Å². The van der Waals surface area contributed by atoms with Crippen molar-refractivity contribution in [3.05, 3.63) is 106 Å². The highest BCUT2D eigenvalue weighted by Crippen LogP contribution is 2.59. The van der Waals surface area contributed by atoms with Gasteiger partial charge in [-0.3, -0.25) is 33.4 Å². The largest absolute Gasteiger partial charge is 0.506 e. The van der Waals surface area contributed by atoms with E-state index in [9.17, 15) is 51.6 Å². The first-order valence-corrected chi connectivity index (χ1v) is 25.9. The number of esters is 2. The summed E-state index contributed by atoms with van der Waals surface area (Å²) in [6.45, 7) is 2.36. The number of anilines is 2. The van der Waals surface area contributed by atoms with Gasteiger partial charge >= 0.3 is 18.0 Å². The second-order valence-corrected chi connectivity index (χ2v) is 20.2. The Morgan fingerprint density at radius 3 is 2.15 bits per heavy atom. The number of likely N-dealkylation sites (N-methyl/N-ethyl adjacent to an activating group) is 1. The standard InChI is InChI=1S/C51H56N4O15S2/c1-6-7-8-9-10-11-12-13-14-18-26-68-49(62)31-24-25-35(67-5)33(27-31)52-46(60)42(43(57)30-20-16-15-17-21-30)55-47(61)48(54(4)50(55)63)69-36-23-19-22-32-39(36)45(59)40-34(53(2)3)28-37(72(64,65)66)44(58)41(40)51(32)70-38(56)29-71-51/h15-17,19-25,27-28,42,48,58H,6-14,18,26,29H2,1-5H3,(H,52,60)(H,64,65,66). The van der Waals surface area contributed by atoms with E-state index < -0.39 is 84.9 Å². The number of fused-ring (bicyclic) bond motifs is 4. The molecule has 19 nitrogen and oxygen atoms in total. The van der Waals surface area contributed by atoms with E-state index in [1.807, 2.05) is 0 Å². The average molecular weight is 1030 g/mol. The number of carbonyl (C=O) groups is 7. The van der Waals surface area contributed by atoms with Crippen LogP contribution in [0.2, 0.25) is 0 Å². The number of carbonyl (C=O) groups excluding carboxylic acids is 7. The fraction of sp³-hybridized carbons (Fsp3) is 0.392. The number of unbranched alkanes of at least 4 members (excludes halogenated alkanes) is 9. The lowest BCUT2D eigenvalue weighted by Gasteiger charge is -2.37. The Kier molecular flexibility index (Phi) is 16.3. The van der Waals surface area contributed by atoms with Crippen LogP contribution in [0.15, 0.2) is 77.7 Å². The maximum Gasteiger partial charge on any atom is 0.338 e. The summed E-state index contributed by atoms with van der Waals surface area (Å²) in [6.07, 6.45) is 9.09. The van der Waals surface area contributed by atoms with E-state index in [-0.39, 0.29) is 63.1 Å². The molecule has 2 saturated heterocycles. The van der Waals surface area contributed by atoms with Crippen molar-refractivity contribution in [2.45, 2.75) is 93.2 Å². The molecule has 2 heterocycles. The molecule has 0 aromatic heterocycles. The van der Waals surface area contributed by atoms with Gasteiger partial charge < -0.3 is 34.3 Å². The van der Waals surface area contributed by atoms with Crippen LogP contribution in [0.4, 0.5) is 16.2 Å². The second kappa shape index (κ2) is 22.2.